The normalized spacial score (nSPS) is 11.8. The molecule has 5 heteroatoms. The van der Waals surface area contributed by atoms with Crippen LogP contribution in [-0.2, 0) is 0 Å². The first-order valence-corrected chi connectivity index (χ1v) is 7.88. The summed E-state index contributed by atoms with van der Waals surface area (Å²) >= 11 is 1.73. The molecule has 0 bridgehead atoms. The van der Waals surface area contributed by atoms with Gasteiger partial charge in [0.05, 0.1) is 20.6 Å². The van der Waals surface area contributed by atoms with Crippen LogP contribution in [0.3, 0.4) is 0 Å². The van der Waals surface area contributed by atoms with E-state index in [0.717, 1.165) is 27.5 Å². The summed E-state index contributed by atoms with van der Waals surface area (Å²) in [5.74, 6) is 1.07. The number of hydrogen-bond acceptors (Lipinski definition) is 3. The lowest BCUT2D eigenvalue weighted by Gasteiger charge is -2.05. The summed E-state index contributed by atoms with van der Waals surface area (Å²) in [6.07, 6.45) is 3.11. The summed E-state index contributed by atoms with van der Waals surface area (Å²) in [4.78, 5) is 13.9. The predicted molar refractivity (Wildman–Crippen MR) is 84.4 cm³/mol. The van der Waals surface area contributed by atoms with Crippen LogP contribution < -0.4 is 4.90 Å². The van der Waals surface area contributed by atoms with Gasteiger partial charge in [-0.3, -0.25) is 0 Å². The number of H-pyrrole nitrogens is 1. The second-order valence-electron chi connectivity index (χ2n) is 5.24. The summed E-state index contributed by atoms with van der Waals surface area (Å²) < 4.78 is 0. The number of nitrogens with one attached hydrogen (secondary N) is 2. The Labute approximate surface area is 122 Å². The zero-order chi connectivity index (χ0) is 13.9. The first-order valence-electron chi connectivity index (χ1n) is 6.89. The molecule has 104 valence electrons. The smallest absolute Gasteiger partial charge is 0.189 e. The molecule has 0 spiro atoms. The Balaban J connectivity index is 1.78. The van der Waals surface area contributed by atoms with Crippen molar-refractivity contribution in [3.05, 3.63) is 30.5 Å². The maximum absolute atomic E-state index is 4.62. The Bertz CT molecular complexity index is 720. The minimum atomic E-state index is 0.859. The van der Waals surface area contributed by atoms with Gasteiger partial charge in [-0.05, 0) is 6.07 Å². The lowest BCUT2D eigenvalue weighted by molar-refractivity contribution is -0.858. The number of hydrogen-bond donors (Lipinski definition) is 2. The maximum atomic E-state index is 4.62. The summed E-state index contributed by atoms with van der Waals surface area (Å²) in [7, 11) is 4.36. The average molecular weight is 287 g/mol. The fourth-order valence-electron chi connectivity index (χ4n) is 2.27. The van der Waals surface area contributed by atoms with Crippen LogP contribution in [0.5, 0.6) is 0 Å². The Morgan fingerprint density at radius 3 is 2.90 bits per heavy atom. The zero-order valence-electron chi connectivity index (χ0n) is 11.8. The minimum absolute atomic E-state index is 0.859. The van der Waals surface area contributed by atoms with E-state index in [-0.39, 0.29) is 0 Å². The van der Waals surface area contributed by atoms with E-state index in [9.17, 15) is 0 Å². The Hall–Kier alpha value is -1.59. The SMILES string of the molecule is C[NH+](C)CCCSc1ncc2c(n1)[nH]c1ccccc12. The highest BCUT2D eigenvalue weighted by molar-refractivity contribution is 7.99. The molecule has 4 nitrogen and oxygen atoms in total. The van der Waals surface area contributed by atoms with Gasteiger partial charge in [-0.1, -0.05) is 30.0 Å². The van der Waals surface area contributed by atoms with Crippen molar-refractivity contribution >= 4 is 33.7 Å². The van der Waals surface area contributed by atoms with Crippen molar-refractivity contribution in [1.82, 2.24) is 15.0 Å². The molecule has 3 rings (SSSR count). The topological polar surface area (TPSA) is 46.0 Å². The lowest BCUT2D eigenvalue weighted by Crippen LogP contribution is -3.05. The van der Waals surface area contributed by atoms with E-state index in [1.165, 1.54) is 23.3 Å². The van der Waals surface area contributed by atoms with E-state index < -0.39 is 0 Å². The zero-order valence-corrected chi connectivity index (χ0v) is 12.6. The van der Waals surface area contributed by atoms with Crippen LogP contribution in [0.1, 0.15) is 6.42 Å². The number of quaternary nitrogens is 1. The van der Waals surface area contributed by atoms with Crippen molar-refractivity contribution in [2.45, 2.75) is 11.6 Å². The van der Waals surface area contributed by atoms with Crippen molar-refractivity contribution in [1.29, 1.82) is 0 Å². The third-order valence-electron chi connectivity index (χ3n) is 3.29. The Morgan fingerprint density at radius 1 is 1.20 bits per heavy atom. The molecule has 0 aliphatic heterocycles. The van der Waals surface area contributed by atoms with Gasteiger partial charge in [0, 0.05) is 34.7 Å². The van der Waals surface area contributed by atoms with Crippen LogP contribution in [-0.4, -0.2) is 41.3 Å². The molecule has 1 aromatic carbocycles. The number of fused-ring (bicyclic) bond motifs is 3. The fourth-order valence-corrected chi connectivity index (χ4v) is 3.03. The summed E-state index contributed by atoms with van der Waals surface area (Å²) in [6.45, 7) is 1.18. The van der Waals surface area contributed by atoms with Crippen LogP contribution in [0, 0.1) is 0 Å². The molecule has 0 aliphatic carbocycles. The lowest BCUT2D eigenvalue weighted by atomic mass is 10.2. The van der Waals surface area contributed by atoms with Gasteiger partial charge in [-0.25, -0.2) is 9.97 Å². The fraction of sp³-hybridized carbons (Fsp3) is 0.333. The molecule has 0 atom stereocenters. The molecule has 2 heterocycles. The number of rotatable bonds is 5. The number of benzene rings is 1. The largest absolute Gasteiger partial charge is 0.340 e. The van der Waals surface area contributed by atoms with E-state index in [1.807, 2.05) is 18.3 Å². The summed E-state index contributed by atoms with van der Waals surface area (Å²) in [6, 6.07) is 8.25. The molecule has 0 radical (unpaired) electrons. The van der Waals surface area contributed by atoms with Crippen LogP contribution >= 0.6 is 11.8 Å². The average Bonchev–Trinajstić information content (AvgIpc) is 2.81. The molecule has 0 aliphatic rings. The van der Waals surface area contributed by atoms with E-state index >= 15 is 0 Å². The molecule has 0 saturated carbocycles. The molecular weight excluding hydrogens is 268 g/mol. The quantitative estimate of drug-likeness (QED) is 0.427. The van der Waals surface area contributed by atoms with E-state index in [4.69, 9.17) is 0 Å². The van der Waals surface area contributed by atoms with Gasteiger partial charge in [-0.15, -0.1) is 0 Å². The Kier molecular flexibility index (Phi) is 3.89. The third kappa shape index (κ3) is 2.78. The van der Waals surface area contributed by atoms with Crippen molar-refractivity contribution < 1.29 is 4.90 Å². The van der Waals surface area contributed by atoms with E-state index in [0.29, 0.717) is 0 Å². The predicted octanol–water partition coefficient (Wildman–Crippen LogP) is 1.74. The molecule has 3 aromatic rings. The van der Waals surface area contributed by atoms with Gasteiger partial charge in [0.2, 0.25) is 0 Å². The molecule has 2 aromatic heterocycles. The molecule has 0 amide bonds. The second kappa shape index (κ2) is 5.81. The van der Waals surface area contributed by atoms with Crippen molar-refractivity contribution in [3.63, 3.8) is 0 Å². The van der Waals surface area contributed by atoms with Gasteiger partial charge in [-0.2, -0.15) is 0 Å². The van der Waals surface area contributed by atoms with Crippen LogP contribution in [0.15, 0.2) is 35.6 Å². The summed E-state index contributed by atoms with van der Waals surface area (Å²) in [5.41, 5.74) is 2.05. The third-order valence-corrected chi connectivity index (χ3v) is 4.24. The standard InChI is InChI=1S/C15H18N4S/c1-19(2)8-5-9-20-15-16-10-12-11-6-3-4-7-13(11)17-14(12)18-15/h3-4,6-7,10H,5,8-9H2,1-2H3,(H,16,17,18)/p+1. The molecule has 20 heavy (non-hydrogen) atoms. The molecule has 0 unspecified atom stereocenters. The van der Waals surface area contributed by atoms with Gasteiger partial charge < -0.3 is 9.88 Å². The van der Waals surface area contributed by atoms with Crippen molar-refractivity contribution in [3.8, 4) is 0 Å². The molecule has 2 N–H and O–H groups in total. The number of aromatic amines is 1. The second-order valence-corrected chi connectivity index (χ2v) is 6.31. The first-order chi connectivity index (χ1) is 9.74. The first kappa shape index (κ1) is 13.4. The van der Waals surface area contributed by atoms with E-state index in [1.54, 1.807) is 11.8 Å². The van der Waals surface area contributed by atoms with Crippen molar-refractivity contribution in [2.24, 2.45) is 0 Å². The van der Waals surface area contributed by atoms with Crippen molar-refractivity contribution in [2.75, 3.05) is 26.4 Å². The van der Waals surface area contributed by atoms with Crippen LogP contribution in [0.25, 0.3) is 21.9 Å². The number of para-hydroxylation sites is 1. The maximum Gasteiger partial charge on any atom is 0.189 e. The highest BCUT2D eigenvalue weighted by Crippen LogP contribution is 2.25. The number of nitrogens with zero attached hydrogens (tertiary/aromatic N) is 2. The van der Waals surface area contributed by atoms with Crippen LogP contribution in [0.2, 0.25) is 0 Å². The highest BCUT2D eigenvalue weighted by atomic mass is 32.2. The molecule has 0 fully saturated rings. The van der Waals surface area contributed by atoms with Gasteiger partial charge in [0.15, 0.2) is 5.16 Å². The van der Waals surface area contributed by atoms with Gasteiger partial charge in [0.25, 0.3) is 0 Å². The molecule has 0 saturated heterocycles. The number of thioether (sulfide) groups is 1. The minimum Gasteiger partial charge on any atom is -0.340 e. The monoisotopic (exact) mass is 287 g/mol. The summed E-state index contributed by atoms with van der Waals surface area (Å²) in [5, 5.41) is 3.15. The van der Waals surface area contributed by atoms with Gasteiger partial charge >= 0.3 is 0 Å². The molecular formula is C15H19N4S+. The van der Waals surface area contributed by atoms with Gasteiger partial charge in [0.1, 0.15) is 5.65 Å². The number of aromatic nitrogens is 3. The Morgan fingerprint density at radius 2 is 2.05 bits per heavy atom. The van der Waals surface area contributed by atoms with E-state index in [2.05, 4.69) is 41.2 Å². The highest BCUT2D eigenvalue weighted by Gasteiger charge is 2.07. The van der Waals surface area contributed by atoms with Crippen LogP contribution in [0.4, 0.5) is 0 Å².